The summed E-state index contributed by atoms with van der Waals surface area (Å²) < 4.78 is 49.9. The minimum atomic E-state index is -4.48. The van der Waals surface area contributed by atoms with E-state index in [0.29, 0.717) is 0 Å². The molecule has 0 fully saturated rings. The summed E-state index contributed by atoms with van der Waals surface area (Å²) in [5.41, 5.74) is 7.65. The fraction of sp³-hybridized carbons (Fsp3) is 0.167. The summed E-state index contributed by atoms with van der Waals surface area (Å²) in [7, 11) is 0. The highest BCUT2D eigenvalue weighted by atomic mass is 19.4. The molecule has 33 heavy (non-hydrogen) atoms. The molecule has 0 bridgehead atoms. The Balaban J connectivity index is 1.43. The molecule has 6 nitrogen and oxygen atoms in total. The van der Waals surface area contributed by atoms with E-state index in [4.69, 9.17) is 14.7 Å². The normalized spacial score (nSPS) is 15.4. The SMILES string of the molecule is Nc1onc(-c2ccc(-c3cccc(C(F)(F)F)c3)o2)c1C(=O)NC1CCc2ccccc21. The predicted molar refractivity (Wildman–Crippen MR) is 114 cm³/mol. The van der Waals surface area contributed by atoms with Crippen molar-refractivity contribution in [1.82, 2.24) is 10.5 Å². The van der Waals surface area contributed by atoms with Crippen molar-refractivity contribution in [2.45, 2.75) is 25.1 Å². The maximum Gasteiger partial charge on any atom is 0.416 e. The maximum atomic E-state index is 13.1. The number of carbonyl (C=O) groups is 1. The van der Waals surface area contributed by atoms with Crippen molar-refractivity contribution in [3.63, 3.8) is 0 Å². The number of hydrogen-bond donors (Lipinski definition) is 2. The molecule has 1 aliphatic rings. The van der Waals surface area contributed by atoms with Crippen LogP contribution in [0.5, 0.6) is 0 Å². The van der Waals surface area contributed by atoms with Crippen LogP contribution in [0.25, 0.3) is 22.8 Å². The van der Waals surface area contributed by atoms with Crippen molar-refractivity contribution in [1.29, 1.82) is 0 Å². The molecule has 4 aromatic rings. The molecule has 2 heterocycles. The van der Waals surface area contributed by atoms with Crippen LogP contribution in [0.2, 0.25) is 0 Å². The maximum absolute atomic E-state index is 13.1. The minimum Gasteiger partial charge on any atom is -0.454 e. The number of alkyl halides is 3. The van der Waals surface area contributed by atoms with Gasteiger partial charge in [0.15, 0.2) is 11.5 Å². The van der Waals surface area contributed by atoms with Crippen molar-refractivity contribution in [2.24, 2.45) is 0 Å². The van der Waals surface area contributed by atoms with E-state index >= 15 is 0 Å². The number of aryl methyl sites for hydroxylation is 1. The molecule has 9 heteroatoms. The number of rotatable bonds is 4. The van der Waals surface area contributed by atoms with Gasteiger partial charge in [0, 0.05) is 5.56 Å². The lowest BCUT2D eigenvalue weighted by molar-refractivity contribution is -0.137. The number of halogens is 3. The molecule has 168 valence electrons. The van der Waals surface area contributed by atoms with E-state index in [1.54, 1.807) is 0 Å². The number of nitrogen functional groups attached to an aromatic ring is 1. The summed E-state index contributed by atoms with van der Waals surface area (Å²) in [4.78, 5) is 13.1. The fourth-order valence-corrected chi connectivity index (χ4v) is 4.10. The highest BCUT2D eigenvalue weighted by molar-refractivity contribution is 6.03. The number of furan rings is 1. The number of nitrogens with one attached hydrogen (secondary N) is 1. The molecule has 5 rings (SSSR count). The van der Waals surface area contributed by atoms with Crippen LogP contribution in [-0.2, 0) is 12.6 Å². The van der Waals surface area contributed by atoms with Gasteiger partial charge < -0.3 is 20.0 Å². The van der Waals surface area contributed by atoms with Gasteiger partial charge in [0.25, 0.3) is 5.91 Å². The van der Waals surface area contributed by atoms with Gasteiger partial charge in [-0.3, -0.25) is 4.79 Å². The Labute approximate surface area is 186 Å². The molecule has 1 atom stereocenters. The summed E-state index contributed by atoms with van der Waals surface area (Å²) >= 11 is 0. The number of anilines is 1. The second kappa shape index (κ2) is 7.84. The predicted octanol–water partition coefficient (Wildman–Crippen LogP) is 5.62. The molecule has 1 aliphatic carbocycles. The van der Waals surface area contributed by atoms with Crippen LogP contribution in [0.15, 0.2) is 69.6 Å². The largest absolute Gasteiger partial charge is 0.454 e. The molecule has 0 radical (unpaired) electrons. The molecule has 0 saturated heterocycles. The zero-order valence-corrected chi connectivity index (χ0v) is 17.1. The number of nitrogens with zero attached hydrogens (tertiary/aromatic N) is 1. The van der Waals surface area contributed by atoms with Crippen molar-refractivity contribution >= 4 is 11.8 Å². The molecule has 3 N–H and O–H groups in total. The Hall–Kier alpha value is -4.01. The van der Waals surface area contributed by atoms with Gasteiger partial charge in [-0.15, -0.1) is 0 Å². The first-order valence-corrected chi connectivity index (χ1v) is 10.2. The van der Waals surface area contributed by atoms with Crippen LogP contribution in [0.1, 0.15) is 39.5 Å². The van der Waals surface area contributed by atoms with E-state index in [9.17, 15) is 18.0 Å². The lowest BCUT2D eigenvalue weighted by Crippen LogP contribution is -2.27. The smallest absolute Gasteiger partial charge is 0.416 e. The monoisotopic (exact) mass is 453 g/mol. The van der Waals surface area contributed by atoms with Gasteiger partial charge in [0.2, 0.25) is 5.88 Å². The van der Waals surface area contributed by atoms with E-state index in [1.807, 2.05) is 24.3 Å². The Morgan fingerprint density at radius 1 is 1.06 bits per heavy atom. The van der Waals surface area contributed by atoms with E-state index in [0.717, 1.165) is 30.5 Å². The first kappa shape index (κ1) is 20.9. The first-order valence-electron chi connectivity index (χ1n) is 10.2. The van der Waals surface area contributed by atoms with E-state index in [1.165, 1.54) is 29.8 Å². The molecule has 0 spiro atoms. The second-order valence-corrected chi connectivity index (χ2v) is 7.78. The molecule has 2 aromatic heterocycles. The van der Waals surface area contributed by atoms with Crippen molar-refractivity contribution in [2.75, 3.05) is 5.73 Å². The second-order valence-electron chi connectivity index (χ2n) is 7.78. The number of aromatic nitrogens is 1. The van der Waals surface area contributed by atoms with Crippen molar-refractivity contribution in [3.8, 4) is 22.8 Å². The summed E-state index contributed by atoms with van der Waals surface area (Å²) in [6.07, 6.45) is -2.87. The summed E-state index contributed by atoms with van der Waals surface area (Å²) in [6.45, 7) is 0. The van der Waals surface area contributed by atoms with Gasteiger partial charge in [-0.1, -0.05) is 41.6 Å². The standard InChI is InChI=1S/C24H18F3N3O3/c25-24(26,27)15-6-3-5-14(12-15)18-10-11-19(32-18)21-20(22(28)33-30-21)23(31)29-17-9-8-13-4-1-2-7-16(13)17/h1-7,10-12,17H,8-9,28H2,(H,29,31). The van der Waals surface area contributed by atoms with Crippen LogP contribution in [0, 0.1) is 0 Å². The number of benzene rings is 2. The molecule has 0 saturated carbocycles. The average Bonchev–Trinajstić information content (AvgIpc) is 3.52. The van der Waals surface area contributed by atoms with Gasteiger partial charge in [-0.25, -0.2) is 0 Å². The van der Waals surface area contributed by atoms with Crippen molar-refractivity contribution < 1.29 is 26.9 Å². The molecular formula is C24H18F3N3O3. The van der Waals surface area contributed by atoms with E-state index in [2.05, 4.69) is 10.5 Å². The highest BCUT2D eigenvalue weighted by Gasteiger charge is 2.31. The summed E-state index contributed by atoms with van der Waals surface area (Å²) in [5.74, 6) is -0.304. The lowest BCUT2D eigenvalue weighted by Gasteiger charge is -2.13. The minimum absolute atomic E-state index is 0.0179. The van der Waals surface area contributed by atoms with Gasteiger partial charge >= 0.3 is 6.18 Å². The summed E-state index contributed by atoms with van der Waals surface area (Å²) in [5, 5.41) is 6.82. The molecule has 0 aliphatic heterocycles. The van der Waals surface area contributed by atoms with Gasteiger partial charge in [-0.05, 0) is 48.2 Å². The zero-order chi connectivity index (χ0) is 23.2. The van der Waals surface area contributed by atoms with E-state index in [-0.39, 0.29) is 40.3 Å². The highest BCUT2D eigenvalue weighted by Crippen LogP contribution is 2.36. The third-order valence-corrected chi connectivity index (χ3v) is 5.70. The van der Waals surface area contributed by atoms with Crippen LogP contribution >= 0.6 is 0 Å². The van der Waals surface area contributed by atoms with E-state index < -0.39 is 17.6 Å². The van der Waals surface area contributed by atoms with Crippen LogP contribution in [0.4, 0.5) is 19.1 Å². The Kier molecular flexibility index (Phi) is 4.96. The number of hydrogen-bond acceptors (Lipinski definition) is 5. The van der Waals surface area contributed by atoms with Crippen LogP contribution < -0.4 is 11.1 Å². The Bertz CT molecular complexity index is 1340. The molecular weight excluding hydrogens is 435 g/mol. The summed E-state index contributed by atoms with van der Waals surface area (Å²) in [6, 6.07) is 15.5. The molecule has 1 amide bonds. The average molecular weight is 453 g/mol. The number of fused-ring (bicyclic) bond motifs is 1. The number of nitrogens with two attached hydrogens (primary N) is 1. The topological polar surface area (TPSA) is 94.3 Å². The third-order valence-electron chi connectivity index (χ3n) is 5.70. The zero-order valence-electron chi connectivity index (χ0n) is 17.1. The van der Waals surface area contributed by atoms with Gasteiger partial charge in [0.05, 0.1) is 11.6 Å². The van der Waals surface area contributed by atoms with Gasteiger partial charge in [-0.2, -0.15) is 13.2 Å². The number of carbonyl (C=O) groups excluding carboxylic acids is 1. The Morgan fingerprint density at radius 2 is 1.85 bits per heavy atom. The third kappa shape index (κ3) is 3.86. The Morgan fingerprint density at radius 3 is 2.67 bits per heavy atom. The lowest BCUT2D eigenvalue weighted by atomic mass is 10.1. The van der Waals surface area contributed by atoms with Crippen LogP contribution in [-0.4, -0.2) is 11.1 Å². The first-order chi connectivity index (χ1) is 15.8. The molecule has 1 unspecified atom stereocenters. The van der Waals surface area contributed by atoms with Crippen molar-refractivity contribution in [3.05, 3.63) is 82.9 Å². The fourth-order valence-electron chi connectivity index (χ4n) is 4.10. The molecule has 2 aromatic carbocycles. The van der Waals surface area contributed by atoms with Crippen LogP contribution in [0.3, 0.4) is 0 Å². The van der Waals surface area contributed by atoms with Gasteiger partial charge in [0.1, 0.15) is 11.3 Å². The quantitative estimate of drug-likeness (QED) is 0.418. The number of amides is 1.